The zero-order chi connectivity index (χ0) is 21.7. The van der Waals surface area contributed by atoms with E-state index in [2.05, 4.69) is 78.4 Å². The Labute approximate surface area is 178 Å². The Hall–Kier alpha value is -2.99. The van der Waals surface area contributed by atoms with E-state index in [-0.39, 0.29) is 18.6 Å². The van der Waals surface area contributed by atoms with Gasteiger partial charge in [0.1, 0.15) is 5.82 Å². The van der Waals surface area contributed by atoms with Crippen molar-refractivity contribution in [2.75, 3.05) is 17.2 Å². The summed E-state index contributed by atoms with van der Waals surface area (Å²) >= 11 is 0. The molecule has 2 aromatic heterocycles. The van der Waals surface area contributed by atoms with Crippen LogP contribution < -0.4 is 10.6 Å². The molecule has 1 aromatic carbocycles. The molecule has 0 bridgehead atoms. The second kappa shape index (κ2) is 9.67. The fourth-order valence-corrected chi connectivity index (χ4v) is 3.38. The Kier molecular flexibility index (Phi) is 7.00. The standard InChI is InChI=1S/C24H31N5O/c1-15(2)20-7-6-19(12-17(20)5)26-23-13-21(18-8-10-25-11-9-18)27-24(29-23)28-22(14-30)16(3)4/h6-13,15-16,22,30H,14H2,1-5H3,(H2,26,27,28,29)/t22-/m1/s1. The average molecular weight is 406 g/mol. The first-order chi connectivity index (χ1) is 14.4. The maximum absolute atomic E-state index is 9.71. The normalized spacial score (nSPS) is 12.3. The Bertz CT molecular complexity index is 973. The number of aliphatic hydroxyl groups excluding tert-OH is 1. The minimum atomic E-state index is -0.127. The van der Waals surface area contributed by atoms with Crippen LogP contribution in [0.1, 0.15) is 44.7 Å². The third kappa shape index (κ3) is 5.33. The lowest BCUT2D eigenvalue weighted by molar-refractivity contribution is 0.248. The number of aliphatic hydroxyl groups is 1. The minimum Gasteiger partial charge on any atom is -0.394 e. The van der Waals surface area contributed by atoms with Crippen LogP contribution in [0.15, 0.2) is 48.8 Å². The highest BCUT2D eigenvalue weighted by Gasteiger charge is 2.15. The fraction of sp³-hybridized carbons (Fsp3) is 0.375. The van der Waals surface area contributed by atoms with Gasteiger partial charge in [-0.05, 0) is 54.2 Å². The molecule has 158 valence electrons. The topological polar surface area (TPSA) is 83.0 Å². The summed E-state index contributed by atoms with van der Waals surface area (Å²) in [6.07, 6.45) is 3.49. The van der Waals surface area contributed by atoms with E-state index in [0.29, 0.717) is 17.7 Å². The molecule has 6 heteroatoms. The first kappa shape index (κ1) is 21.7. The smallest absolute Gasteiger partial charge is 0.225 e. The summed E-state index contributed by atoms with van der Waals surface area (Å²) in [6.45, 7) is 10.7. The summed E-state index contributed by atoms with van der Waals surface area (Å²) < 4.78 is 0. The largest absolute Gasteiger partial charge is 0.394 e. The van der Waals surface area contributed by atoms with Crippen LogP contribution in [0, 0.1) is 12.8 Å². The molecule has 0 fully saturated rings. The number of benzene rings is 1. The van der Waals surface area contributed by atoms with Gasteiger partial charge in [0.25, 0.3) is 0 Å². The molecule has 0 saturated carbocycles. The third-order valence-electron chi connectivity index (χ3n) is 5.18. The van der Waals surface area contributed by atoms with Crippen molar-refractivity contribution in [3.05, 3.63) is 59.9 Å². The second-order valence-electron chi connectivity index (χ2n) is 8.23. The lowest BCUT2D eigenvalue weighted by atomic mass is 9.98. The number of pyridine rings is 1. The van der Waals surface area contributed by atoms with E-state index < -0.39 is 0 Å². The van der Waals surface area contributed by atoms with E-state index in [1.54, 1.807) is 12.4 Å². The summed E-state index contributed by atoms with van der Waals surface area (Å²) in [5.41, 5.74) is 5.30. The molecule has 1 atom stereocenters. The number of hydrogen-bond donors (Lipinski definition) is 3. The summed E-state index contributed by atoms with van der Waals surface area (Å²) in [7, 11) is 0. The van der Waals surface area contributed by atoms with Crippen molar-refractivity contribution in [2.45, 2.75) is 46.6 Å². The van der Waals surface area contributed by atoms with E-state index in [0.717, 1.165) is 16.9 Å². The van der Waals surface area contributed by atoms with Crippen molar-refractivity contribution in [1.82, 2.24) is 15.0 Å². The van der Waals surface area contributed by atoms with Crippen molar-refractivity contribution < 1.29 is 5.11 Å². The van der Waals surface area contributed by atoms with Gasteiger partial charge < -0.3 is 15.7 Å². The second-order valence-corrected chi connectivity index (χ2v) is 8.23. The highest BCUT2D eigenvalue weighted by Crippen LogP contribution is 2.27. The summed E-state index contributed by atoms with van der Waals surface area (Å²) in [4.78, 5) is 13.4. The maximum atomic E-state index is 9.71. The Morgan fingerprint density at radius 1 is 0.967 bits per heavy atom. The molecule has 2 heterocycles. The predicted molar refractivity (Wildman–Crippen MR) is 123 cm³/mol. The quantitative estimate of drug-likeness (QED) is 0.481. The van der Waals surface area contributed by atoms with Gasteiger partial charge in [-0.1, -0.05) is 33.8 Å². The lowest BCUT2D eigenvalue weighted by Crippen LogP contribution is -2.30. The van der Waals surface area contributed by atoms with Gasteiger partial charge in [-0.3, -0.25) is 4.98 Å². The number of nitrogens with zero attached hydrogens (tertiary/aromatic N) is 3. The molecule has 3 aromatic rings. The van der Waals surface area contributed by atoms with Crippen LogP contribution in [0.3, 0.4) is 0 Å². The first-order valence-electron chi connectivity index (χ1n) is 10.4. The number of hydrogen-bond acceptors (Lipinski definition) is 6. The van der Waals surface area contributed by atoms with Gasteiger partial charge >= 0.3 is 0 Å². The van der Waals surface area contributed by atoms with Gasteiger partial charge in [-0.15, -0.1) is 0 Å². The van der Waals surface area contributed by atoms with E-state index in [1.165, 1.54) is 11.1 Å². The van der Waals surface area contributed by atoms with E-state index in [9.17, 15) is 5.11 Å². The number of anilines is 3. The monoisotopic (exact) mass is 405 g/mol. The predicted octanol–water partition coefficient (Wildman–Crippen LogP) is 5.14. The number of aryl methyl sites for hydroxylation is 1. The van der Waals surface area contributed by atoms with Crippen molar-refractivity contribution in [3.63, 3.8) is 0 Å². The molecule has 0 saturated heterocycles. The van der Waals surface area contributed by atoms with E-state index in [1.807, 2.05) is 18.2 Å². The molecular formula is C24H31N5O. The van der Waals surface area contributed by atoms with Gasteiger partial charge in [0.2, 0.25) is 5.95 Å². The van der Waals surface area contributed by atoms with Crippen LogP contribution in [0.2, 0.25) is 0 Å². The van der Waals surface area contributed by atoms with Gasteiger partial charge in [-0.2, -0.15) is 4.98 Å². The third-order valence-corrected chi connectivity index (χ3v) is 5.18. The zero-order valence-corrected chi connectivity index (χ0v) is 18.3. The van der Waals surface area contributed by atoms with Crippen LogP contribution in [0.5, 0.6) is 0 Å². The van der Waals surface area contributed by atoms with Gasteiger partial charge in [0.05, 0.1) is 18.3 Å². The van der Waals surface area contributed by atoms with Gasteiger partial charge in [0, 0.05) is 29.7 Å². The van der Waals surface area contributed by atoms with E-state index >= 15 is 0 Å². The van der Waals surface area contributed by atoms with Gasteiger partial charge in [-0.25, -0.2) is 4.98 Å². The average Bonchev–Trinajstić information content (AvgIpc) is 2.72. The Balaban J connectivity index is 1.96. The highest BCUT2D eigenvalue weighted by molar-refractivity contribution is 5.67. The SMILES string of the molecule is Cc1cc(Nc2cc(-c3ccncc3)nc(N[C@H](CO)C(C)C)n2)ccc1C(C)C. The number of nitrogens with one attached hydrogen (secondary N) is 2. The van der Waals surface area contributed by atoms with E-state index in [4.69, 9.17) is 0 Å². The molecule has 0 amide bonds. The molecule has 0 aliphatic heterocycles. The molecule has 0 aliphatic carbocycles. The molecule has 0 spiro atoms. The van der Waals surface area contributed by atoms with Crippen molar-refractivity contribution >= 4 is 17.5 Å². The summed E-state index contributed by atoms with van der Waals surface area (Å²) in [5, 5.41) is 16.4. The van der Waals surface area contributed by atoms with Crippen molar-refractivity contribution in [1.29, 1.82) is 0 Å². The molecular weight excluding hydrogens is 374 g/mol. The zero-order valence-electron chi connectivity index (χ0n) is 18.3. The van der Waals surface area contributed by atoms with Crippen LogP contribution >= 0.6 is 0 Å². The van der Waals surface area contributed by atoms with Crippen molar-refractivity contribution in [2.24, 2.45) is 5.92 Å². The Morgan fingerprint density at radius 2 is 1.70 bits per heavy atom. The van der Waals surface area contributed by atoms with Crippen LogP contribution in [-0.4, -0.2) is 32.7 Å². The van der Waals surface area contributed by atoms with Crippen LogP contribution in [0.4, 0.5) is 17.5 Å². The molecule has 30 heavy (non-hydrogen) atoms. The van der Waals surface area contributed by atoms with Crippen LogP contribution in [-0.2, 0) is 0 Å². The molecule has 6 nitrogen and oxygen atoms in total. The maximum Gasteiger partial charge on any atom is 0.225 e. The molecule has 0 aliphatic rings. The highest BCUT2D eigenvalue weighted by atomic mass is 16.3. The lowest BCUT2D eigenvalue weighted by Gasteiger charge is -2.21. The van der Waals surface area contributed by atoms with Gasteiger partial charge in [0.15, 0.2) is 0 Å². The summed E-state index contributed by atoms with van der Waals surface area (Å²) in [6, 6.07) is 12.0. The number of aromatic nitrogens is 3. The van der Waals surface area contributed by atoms with Crippen molar-refractivity contribution in [3.8, 4) is 11.3 Å². The molecule has 3 N–H and O–H groups in total. The minimum absolute atomic E-state index is 0.0130. The fourth-order valence-electron chi connectivity index (χ4n) is 3.38. The molecule has 3 rings (SSSR count). The summed E-state index contributed by atoms with van der Waals surface area (Å²) in [5.74, 6) is 1.90. The molecule has 0 radical (unpaired) electrons. The first-order valence-corrected chi connectivity index (χ1v) is 10.4. The van der Waals surface area contributed by atoms with Crippen LogP contribution in [0.25, 0.3) is 11.3 Å². The number of rotatable bonds is 8. The molecule has 0 unspecified atom stereocenters. The Morgan fingerprint density at radius 3 is 2.30 bits per heavy atom.